The molecule has 1 aromatic carbocycles. The van der Waals surface area contributed by atoms with Crippen LogP contribution in [0.25, 0.3) is 12.2 Å². The summed E-state index contributed by atoms with van der Waals surface area (Å²) in [5.74, 6) is -0.170. The van der Waals surface area contributed by atoms with Gasteiger partial charge in [-0.1, -0.05) is 18.2 Å². The van der Waals surface area contributed by atoms with Crippen LogP contribution in [0.2, 0.25) is 0 Å². The van der Waals surface area contributed by atoms with Crippen molar-refractivity contribution in [2.45, 2.75) is 6.92 Å². The first kappa shape index (κ1) is 11.3. The number of rotatable bonds is 2. The summed E-state index contributed by atoms with van der Waals surface area (Å²) in [6, 6.07) is 9.55. The zero-order valence-corrected chi connectivity index (χ0v) is 9.39. The Labute approximate surface area is 99.1 Å². The lowest BCUT2D eigenvalue weighted by Crippen LogP contribution is -1.85. The molecule has 0 aliphatic heterocycles. The maximum absolute atomic E-state index is 12.9. The predicted molar refractivity (Wildman–Crippen MR) is 66.0 cm³/mol. The molecular formula is C14H12FNO. The van der Waals surface area contributed by atoms with Crippen LogP contribution in [-0.4, -0.2) is 10.1 Å². The number of hydrogen-bond donors (Lipinski definition) is 1. The molecule has 0 saturated carbocycles. The molecule has 3 heteroatoms. The lowest BCUT2D eigenvalue weighted by atomic mass is 10.2. The third-order valence-corrected chi connectivity index (χ3v) is 2.32. The fraction of sp³-hybridized carbons (Fsp3) is 0.0714. The molecule has 0 fully saturated rings. The van der Waals surface area contributed by atoms with E-state index < -0.39 is 0 Å². The highest BCUT2D eigenvalue weighted by molar-refractivity contribution is 5.70. The monoisotopic (exact) mass is 229 g/mol. The molecule has 2 aromatic rings. The van der Waals surface area contributed by atoms with Crippen LogP contribution in [0, 0.1) is 12.7 Å². The zero-order valence-electron chi connectivity index (χ0n) is 9.39. The molecule has 1 heterocycles. The van der Waals surface area contributed by atoms with Gasteiger partial charge in [-0.25, -0.2) is 9.37 Å². The summed E-state index contributed by atoms with van der Waals surface area (Å²) in [6.07, 6.45) is 3.38. The van der Waals surface area contributed by atoms with Gasteiger partial charge in [0.25, 0.3) is 0 Å². The number of benzene rings is 1. The average molecular weight is 229 g/mol. The van der Waals surface area contributed by atoms with Gasteiger partial charge in [0.15, 0.2) is 0 Å². The summed E-state index contributed by atoms with van der Waals surface area (Å²) in [5.41, 5.74) is 2.03. The first-order valence-corrected chi connectivity index (χ1v) is 5.25. The number of aryl methyl sites for hydroxylation is 1. The van der Waals surface area contributed by atoms with Gasteiger partial charge < -0.3 is 5.11 Å². The van der Waals surface area contributed by atoms with E-state index in [1.807, 2.05) is 6.92 Å². The van der Waals surface area contributed by atoms with Crippen molar-refractivity contribution in [1.82, 2.24) is 4.98 Å². The minimum absolute atomic E-state index is 0.114. The number of aromatic nitrogens is 1. The number of hydrogen-bond acceptors (Lipinski definition) is 2. The van der Waals surface area contributed by atoms with E-state index in [4.69, 9.17) is 0 Å². The van der Waals surface area contributed by atoms with E-state index in [9.17, 15) is 9.50 Å². The van der Waals surface area contributed by atoms with E-state index in [0.717, 1.165) is 11.3 Å². The summed E-state index contributed by atoms with van der Waals surface area (Å²) >= 11 is 0. The molecule has 0 spiro atoms. The molecule has 0 atom stereocenters. The van der Waals surface area contributed by atoms with Crippen molar-refractivity contribution in [1.29, 1.82) is 0 Å². The Morgan fingerprint density at radius 1 is 1.18 bits per heavy atom. The van der Waals surface area contributed by atoms with Crippen molar-refractivity contribution < 1.29 is 9.50 Å². The molecule has 86 valence electrons. The highest BCUT2D eigenvalue weighted by Crippen LogP contribution is 2.17. The first-order chi connectivity index (χ1) is 8.15. The standard InChI is InChI=1S/C14H12FNO/c1-10-5-8-14(17)13(16-10)7-6-11-3-2-4-12(15)9-11/h2-9,17H,1H3. The Hall–Kier alpha value is -2.16. The summed E-state index contributed by atoms with van der Waals surface area (Å²) in [6.45, 7) is 1.85. The molecule has 0 radical (unpaired) electrons. The number of aromatic hydroxyl groups is 1. The van der Waals surface area contributed by atoms with Gasteiger partial charge in [0.1, 0.15) is 17.3 Å². The molecule has 0 amide bonds. The van der Waals surface area contributed by atoms with Gasteiger partial charge in [-0.15, -0.1) is 0 Å². The number of pyridine rings is 1. The van der Waals surface area contributed by atoms with Crippen LogP contribution in [0.1, 0.15) is 17.0 Å². The van der Waals surface area contributed by atoms with Gasteiger partial charge in [-0.3, -0.25) is 0 Å². The molecule has 0 aliphatic rings. The molecule has 2 rings (SSSR count). The normalized spacial score (nSPS) is 10.9. The van der Waals surface area contributed by atoms with Gasteiger partial charge in [0.05, 0.1) is 0 Å². The van der Waals surface area contributed by atoms with Gasteiger partial charge in [0.2, 0.25) is 0 Å². The van der Waals surface area contributed by atoms with E-state index in [-0.39, 0.29) is 11.6 Å². The van der Waals surface area contributed by atoms with Crippen molar-refractivity contribution >= 4 is 12.2 Å². The fourth-order valence-electron chi connectivity index (χ4n) is 1.48. The van der Waals surface area contributed by atoms with Gasteiger partial charge >= 0.3 is 0 Å². The Kier molecular flexibility index (Phi) is 3.19. The minimum atomic E-state index is -0.284. The first-order valence-electron chi connectivity index (χ1n) is 5.25. The van der Waals surface area contributed by atoms with Gasteiger partial charge in [-0.2, -0.15) is 0 Å². The second-order valence-electron chi connectivity index (χ2n) is 3.75. The Morgan fingerprint density at radius 2 is 2.00 bits per heavy atom. The van der Waals surface area contributed by atoms with Gasteiger partial charge in [0, 0.05) is 5.69 Å². The molecule has 17 heavy (non-hydrogen) atoms. The fourth-order valence-corrected chi connectivity index (χ4v) is 1.48. The minimum Gasteiger partial charge on any atom is -0.506 e. The third kappa shape index (κ3) is 2.91. The molecule has 0 bridgehead atoms. The van der Waals surface area contributed by atoms with E-state index in [0.29, 0.717) is 5.69 Å². The van der Waals surface area contributed by atoms with Crippen molar-refractivity contribution in [2.75, 3.05) is 0 Å². The van der Waals surface area contributed by atoms with Crippen molar-refractivity contribution in [2.24, 2.45) is 0 Å². The zero-order chi connectivity index (χ0) is 12.3. The van der Waals surface area contributed by atoms with Crippen LogP contribution in [0.15, 0.2) is 36.4 Å². The largest absolute Gasteiger partial charge is 0.506 e. The van der Waals surface area contributed by atoms with Crippen molar-refractivity contribution in [3.63, 3.8) is 0 Å². The van der Waals surface area contributed by atoms with Crippen LogP contribution in [0.5, 0.6) is 5.75 Å². The average Bonchev–Trinajstić information content (AvgIpc) is 2.30. The van der Waals surface area contributed by atoms with Crippen molar-refractivity contribution in [3.05, 3.63) is 59.2 Å². The quantitative estimate of drug-likeness (QED) is 0.856. The second kappa shape index (κ2) is 4.78. The summed E-state index contributed by atoms with van der Waals surface area (Å²) < 4.78 is 12.9. The van der Waals surface area contributed by atoms with Crippen LogP contribution < -0.4 is 0 Å². The Morgan fingerprint density at radius 3 is 2.76 bits per heavy atom. The van der Waals surface area contributed by atoms with Crippen molar-refractivity contribution in [3.8, 4) is 5.75 Å². The summed E-state index contributed by atoms with van der Waals surface area (Å²) in [7, 11) is 0. The highest BCUT2D eigenvalue weighted by Gasteiger charge is 1.98. The maximum Gasteiger partial charge on any atom is 0.141 e. The lowest BCUT2D eigenvalue weighted by molar-refractivity contribution is 0.471. The Balaban J connectivity index is 2.29. The van der Waals surface area contributed by atoms with E-state index in [1.54, 1.807) is 36.4 Å². The van der Waals surface area contributed by atoms with Crippen LogP contribution in [0.4, 0.5) is 4.39 Å². The predicted octanol–water partition coefficient (Wildman–Crippen LogP) is 3.41. The molecular weight excluding hydrogens is 217 g/mol. The smallest absolute Gasteiger partial charge is 0.141 e. The molecule has 0 aliphatic carbocycles. The van der Waals surface area contributed by atoms with Crippen LogP contribution >= 0.6 is 0 Å². The summed E-state index contributed by atoms with van der Waals surface area (Å²) in [4.78, 5) is 4.18. The van der Waals surface area contributed by atoms with E-state index in [2.05, 4.69) is 4.98 Å². The molecule has 2 nitrogen and oxygen atoms in total. The van der Waals surface area contributed by atoms with E-state index >= 15 is 0 Å². The summed E-state index contributed by atoms with van der Waals surface area (Å²) in [5, 5.41) is 9.58. The van der Waals surface area contributed by atoms with E-state index in [1.165, 1.54) is 12.1 Å². The van der Waals surface area contributed by atoms with Crippen LogP contribution in [-0.2, 0) is 0 Å². The Bertz CT molecular complexity index is 564. The number of halogens is 1. The van der Waals surface area contributed by atoms with Crippen LogP contribution in [0.3, 0.4) is 0 Å². The molecule has 0 saturated heterocycles. The number of nitrogens with zero attached hydrogens (tertiary/aromatic N) is 1. The molecule has 1 aromatic heterocycles. The second-order valence-corrected chi connectivity index (χ2v) is 3.75. The maximum atomic E-state index is 12.9. The third-order valence-electron chi connectivity index (χ3n) is 2.32. The molecule has 1 N–H and O–H groups in total. The topological polar surface area (TPSA) is 33.1 Å². The molecule has 0 unspecified atom stereocenters. The lowest BCUT2D eigenvalue weighted by Gasteiger charge is -1.99. The van der Waals surface area contributed by atoms with Gasteiger partial charge in [-0.05, 0) is 42.8 Å². The SMILES string of the molecule is Cc1ccc(O)c(C=Cc2cccc(F)c2)n1. The highest BCUT2D eigenvalue weighted by atomic mass is 19.1.